The Balaban J connectivity index is 1.33. The fourth-order valence-corrected chi connectivity index (χ4v) is 6.03. The SMILES string of the molecule is COc1ccc2nccc(C(F)CC[C@@H]3CCN(CCSc4cccc(Cl)c4)C[C@@H]3C(=O)O)c2c1. The number of ether oxygens (including phenoxy) is 1. The molecule has 0 amide bonds. The minimum absolute atomic E-state index is 0.0368. The Hall–Kier alpha value is -2.35. The molecule has 0 spiro atoms. The average Bonchev–Trinajstić information content (AvgIpc) is 2.87. The largest absolute Gasteiger partial charge is 0.497 e. The summed E-state index contributed by atoms with van der Waals surface area (Å²) in [6, 6.07) is 14.9. The number of methoxy groups -OCH3 is 1. The average molecular weight is 517 g/mol. The number of nitrogens with zero attached hydrogens (tertiary/aromatic N) is 2. The van der Waals surface area contributed by atoms with E-state index in [9.17, 15) is 9.90 Å². The number of alkyl halides is 1. The Bertz CT molecular complexity index is 1160. The molecule has 186 valence electrons. The molecule has 3 aromatic rings. The zero-order valence-electron chi connectivity index (χ0n) is 19.7. The van der Waals surface area contributed by atoms with Crippen LogP contribution < -0.4 is 4.74 Å². The molecule has 1 aliphatic heterocycles. The van der Waals surface area contributed by atoms with E-state index in [1.165, 1.54) is 0 Å². The molecule has 4 rings (SSSR count). The number of pyridine rings is 1. The number of thioether (sulfide) groups is 1. The van der Waals surface area contributed by atoms with Crippen molar-refractivity contribution in [1.29, 1.82) is 0 Å². The van der Waals surface area contributed by atoms with Gasteiger partial charge in [0.2, 0.25) is 0 Å². The Kier molecular flexibility index (Phi) is 8.87. The molecule has 35 heavy (non-hydrogen) atoms. The lowest BCUT2D eigenvalue weighted by Crippen LogP contribution is -2.44. The second-order valence-corrected chi connectivity index (χ2v) is 10.5. The third kappa shape index (κ3) is 6.66. The van der Waals surface area contributed by atoms with Gasteiger partial charge in [-0.3, -0.25) is 9.78 Å². The van der Waals surface area contributed by atoms with E-state index >= 15 is 4.39 Å². The molecule has 0 saturated carbocycles. The molecule has 8 heteroatoms. The maximum absolute atomic E-state index is 15.4. The number of carbonyl (C=O) groups is 1. The summed E-state index contributed by atoms with van der Waals surface area (Å²) < 4.78 is 20.7. The number of benzene rings is 2. The number of aromatic nitrogens is 1. The monoisotopic (exact) mass is 516 g/mol. The van der Waals surface area contributed by atoms with Crippen LogP contribution in [0.4, 0.5) is 4.39 Å². The predicted octanol–water partition coefficient (Wildman–Crippen LogP) is 6.50. The van der Waals surface area contributed by atoms with Gasteiger partial charge in [0.1, 0.15) is 11.9 Å². The summed E-state index contributed by atoms with van der Waals surface area (Å²) in [5.74, 6) is 0.205. The Morgan fingerprint density at radius 2 is 2.17 bits per heavy atom. The van der Waals surface area contributed by atoms with Crippen molar-refractivity contribution in [3.63, 3.8) is 0 Å². The Morgan fingerprint density at radius 1 is 1.31 bits per heavy atom. The van der Waals surface area contributed by atoms with Crippen molar-refractivity contribution in [3.8, 4) is 5.75 Å². The molecular formula is C27H30ClFN2O3S. The molecule has 0 bridgehead atoms. The number of fused-ring (bicyclic) bond motifs is 1. The van der Waals surface area contributed by atoms with E-state index in [1.54, 1.807) is 31.1 Å². The van der Waals surface area contributed by atoms with Crippen LogP contribution in [0, 0.1) is 11.8 Å². The van der Waals surface area contributed by atoms with Crippen LogP contribution in [0.2, 0.25) is 5.02 Å². The normalized spacial score (nSPS) is 19.5. The van der Waals surface area contributed by atoms with Crippen molar-refractivity contribution < 1.29 is 19.0 Å². The first-order valence-corrected chi connectivity index (χ1v) is 13.2. The molecule has 1 N–H and O–H groups in total. The summed E-state index contributed by atoms with van der Waals surface area (Å²) in [6.45, 7) is 2.14. The van der Waals surface area contributed by atoms with Crippen molar-refractivity contribution in [2.24, 2.45) is 11.8 Å². The lowest BCUT2D eigenvalue weighted by atomic mass is 9.81. The van der Waals surface area contributed by atoms with Gasteiger partial charge >= 0.3 is 5.97 Å². The van der Waals surface area contributed by atoms with Crippen LogP contribution in [0.15, 0.2) is 59.6 Å². The first-order valence-electron chi connectivity index (χ1n) is 11.8. The first-order chi connectivity index (χ1) is 16.9. The van der Waals surface area contributed by atoms with Gasteiger partial charge in [-0.2, -0.15) is 0 Å². The molecule has 1 aliphatic rings. The van der Waals surface area contributed by atoms with Gasteiger partial charge in [0, 0.05) is 40.3 Å². The van der Waals surface area contributed by atoms with E-state index in [0.717, 1.165) is 41.1 Å². The molecule has 1 saturated heterocycles. The molecule has 1 unspecified atom stereocenters. The van der Waals surface area contributed by atoms with Gasteiger partial charge in [-0.05, 0) is 79.8 Å². The van der Waals surface area contributed by atoms with Crippen LogP contribution in [0.3, 0.4) is 0 Å². The summed E-state index contributed by atoms with van der Waals surface area (Å²) in [5, 5.41) is 11.3. The third-order valence-electron chi connectivity index (χ3n) is 6.74. The number of hydrogen-bond acceptors (Lipinski definition) is 5. The molecule has 3 atom stereocenters. The van der Waals surface area contributed by atoms with Crippen LogP contribution in [0.1, 0.15) is 31.0 Å². The summed E-state index contributed by atoms with van der Waals surface area (Å²) in [4.78, 5) is 19.7. The maximum Gasteiger partial charge on any atom is 0.308 e. The number of hydrogen-bond donors (Lipinski definition) is 1. The van der Waals surface area contributed by atoms with E-state index in [4.69, 9.17) is 16.3 Å². The van der Waals surface area contributed by atoms with E-state index in [-0.39, 0.29) is 12.3 Å². The number of carboxylic acid groups (broad SMARTS) is 1. The fourth-order valence-electron chi connectivity index (χ4n) is 4.81. The summed E-state index contributed by atoms with van der Waals surface area (Å²) in [7, 11) is 1.58. The molecule has 0 aliphatic carbocycles. The number of rotatable bonds is 10. The van der Waals surface area contributed by atoms with E-state index in [0.29, 0.717) is 29.3 Å². The smallest absolute Gasteiger partial charge is 0.308 e. The third-order valence-corrected chi connectivity index (χ3v) is 7.95. The van der Waals surface area contributed by atoms with Crippen molar-refractivity contribution in [2.75, 3.05) is 32.5 Å². The Labute approximate surface area is 214 Å². The van der Waals surface area contributed by atoms with Crippen molar-refractivity contribution >= 4 is 40.2 Å². The number of halogens is 2. The lowest BCUT2D eigenvalue weighted by molar-refractivity contribution is -0.146. The highest BCUT2D eigenvalue weighted by atomic mass is 35.5. The summed E-state index contributed by atoms with van der Waals surface area (Å²) in [5.41, 5.74) is 1.30. The quantitative estimate of drug-likeness (QED) is 0.310. The second-order valence-electron chi connectivity index (χ2n) is 8.93. The Morgan fingerprint density at radius 3 is 2.94 bits per heavy atom. The van der Waals surface area contributed by atoms with Crippen LogP contribution in [0.5, 0.6) is 5.75 Å². The van der Waals surface area contributed by atoms with Crippen LogP contribution in [-0.2, 0) is 4.79 Å². The fraction of sp³-hybridized carbons (Fsp3) is 0.407. The highest BCUT2D eigenvalue weighted by Crippen LogP contribution is 2.35. The van der Waals surface area contributed by atoms with Crippen molar-refractivity contribution in [1.82, 2.24) is 9.88 Å². The number of piperidine rings is 1. The maximum atomic E-state index is 15.4. The van der Waals surface area contributed by atoms with E-state index in [1.807, 2.05) is 42.5 Å². The topological polar surface area (TPSA) is 62.7 Å². The number of likely N-dealkylation sites (tertiary alicyclic amines) is 1. The van der Waals surface area contributed by atoms with Gasteiger partial charge < -0.3 is 14.7 Å². The summed E-state index contributed by atoms with van der Waals surface area (Å²) in [6.07, 6.45) is 2.02. The van der Waals surface area contributed by atoms with Gasteiger partial charge in [-0.25, -0.2) is 4.39 Å². The van der Waals surface area contributed by atoms with Crippen LogP contribution in [0.25, 0.3) is 10.9 Å². The van der Waals surface area contributed by atoms with E-state index in [2.05, 4.69) is 9.88 Å². The molecule has 1 aromatic heterocycles. The zero-order chi connectivity index (χ0) is 24.8. The molecule has 2 aromatic carbocycles. The predicted molar refractivity (Wildman–Crippen MR) is 139 cm³/mol. The zero-order valence-corrected chi connectivity index (χ0v) is 21.3. The second kappa shape index (κ2) is 12.1. The van der Waals surface area contributed by atoms with Gasteiger partial charge in [-0.1, -0.05) is 17.7 Å². The van der Waals surface area contributed by atoms with E-state index < -0.39 is 18.1 Å². The number of aliphatic carboxylic acids is 1. The van der Waals surface area contributed by atoms with Gasteiger partial charge in [-0.15, -0.1) is 11.8 Å². The van der Waals surface area contributed by atoms with Gasteiger partial charge in [0.25, 0.3) is 0 Å². The van der Waals surface area contributed by atoms with Crippen LogP contribution in [-0.4, -0.2) is 53.5 Å². The molecule has 1 fully saturated rings. The summed E-state index contributed by atoms with van der Waals surface area (Å²) >= 11 is 7.77. The molecular weight excluding hydrogens is 487 g/mol. The molecule has 5 nitrogen and oxygen atoms in total. The number of carboxylic acids is 1. The van der Waals surface area contributed by atoms with Gasteiger partial charge in [0.15, 0.2) is 0 Å². The van der Waals surface area contributed by atoms with Gasteiger partial charge in [0.05, 0.1) is 18.5 Å². The van der Waals surface area contributed by atoms with Crippen LogP contribution >= 0.6 is 23.4 Å². The highest BCUT2D eigenvalue weighted by molar-refractivity contribution is 7.99. The van der Waals surface area contributed by atoms with Crippen molar-refractivity contribution in [3.05, 3.63) is 65.3 Å². The minimum Gasteiger partial charge on any atom is -0.497 e. The lowest BCUT2D eigenvalue weighted by Gasteiger charge is -2.36. The van der Waals surface area contributed by atoms with Crippen molar-refractivity contribution in [2.45, 2.75) is 30.3 Å². The standard InChI is InChI=1S/C27H30ClFN2O3S/c1-34-20-6-8-26-23(16-20)22(9-11-30-26)25(29)7-5-18-10-12-31(17-24(18)27(32)33)13-14-35-21-4-2-3-19(28)15-21/h2-4,6,8-9,11,15-16,18,24-25H,5,7,10,12-14,17H2,1H3,(H,32,33)/t18-,24+,25?/m1/s1. The highest BCUT2D eigenvalue weighted by Gasteiger charge is 2.34. The molecule has 0 radical (unpaired) electrons. The molecule has 2 heterocycles. The minimum atomic E-state index is -1.19. The first kappa shape index (κ1) is 25.7.